The highest BCUT2D eigenvalue weighted by atomic mass is 16.5. The average molecular weight is 305 g/mol. The smallest absolute Gasteiger partial charge is 0.409 e. The number of methoxy groups -OCH3 is 1. The quantitative estimate of drug-likeness (QED) is 0.897. The van der Waals surface area contributed by atoms with Gasteiger partial charge < -0.3 is 20.3 Å². The molecule has 0 spiro atoms. The van der Waals surface area contributed by atoms with Crippen molar-refractivity contribution in [3.63, 3.8) is 0 Å². The molecule has 6 nitrogen and oxygen atoms in total. The number of benzene rings is 1. The Morgan fingerprint density at radius 1 is 1.36 bits per heavy atom. The van der Waals surface area contributed by atoms with Gasteiger partial charge in [-0.2, -0.15) is 0 Å². The number of urea groups is 1. The maximum absolute atomic E-state index is 12.0. The number of hydrogen-bond acceptors (Lipinski definition) is 3. The summed E-state index contributed by atoms with van der Waals surface area (Å²) in [6, 6.07) is 7.70. The summed E-state index contributed by atoms with van der Waals surface area (Å²) in [6.07, 6.45) is 1.38. The van der Waals surface area contributed by atoms with E-state index in [1.807, 2.05) is 31.2 Å². The molecular weight excluding hydrogens is 282 g/mol. The van der Waals surface area contributed by atoms with Gasteiger partial charge in [0.2, 0.25) is 0 Å². The molecule has 1 aromatic carbocycles. The van der Waals surface area contributed by atoms with Crippen LogP contribution in [0.15, 0.2) is 24.3 Å². The number of nitrogens with one attached hydrogen (secondary N) is 2. The molecule has 2 rings (SSSR count). The molecule has 1 aliphatic heterocycles. The third-order valence-corrected chi connectivity index (χ3v) is 3.89. The molecule has 0 bridgehead atoms. The minimum Gasteiger partial charge on any atom is -0.453 e. The van der Waals surface area contributed by atoms with Crippen LogP contribution in [0.4, 0.5) is 9.59 Å². The molecule has 1 unspecified atom stereocenters. The lowest BCUT2D eigenvalue weighted by Crippen LogP contribution is -2.51. The van der Waals surface area contributed by atoms with Crippen molar-refractivity contribution in [2.45, 2.75) is 32.4 Å². The number of carbonyl (C=O) groups is 2. The van der Waals surface area contributed by atoms with E-state index in [9.17, 15) is 9.59 Å². The summed E-state index contributed by atoms with van der Waals surface area (Å²) in [7, 11) is 1.37. The number of piperidine rings is 1. The van der Waals surface area contributed by atoms with E-state index in [4.69, 9.17) is 4.74 Å². The summed E-state index contributed by atoms with van der Waals surface area (Å²) in [6.45, 7) is 3.68. The van der Waals surface area contributed by atoms with Gasteiger partial charge in [0.1, 0.15) is 0 Å². The molecule has 1 fully saturated rings. The molecule has 1 aliphatic rings. The van der Waals surface area contributed by atoms with Gasteiger partial charge in [-0.15, -0.1) is 0 Å². The Kier molecular flexibility index (Phi) is 5.63. The van der Waals surface area contributed by atoms with Crippen molar-refractivity contribution in [3.05, 3.63) is 35.4 Å². The predicted octanol–water partition coefficient (Wildman–Crippen LogP) is 2.03. The van der Waals surface area contributed by atoms with Crippen LogP contribution in [0, 0.1) is 6.92 Å². The van der Waals surface area contributed by atoms with Crippen LogP contribution < -0.4 is 10.6 Å². The molecule has 3 amide bonds. The SMILES string of the molecule is COC(=O)N1CCCC(NC(=O)NCc2ccccc2C)C1. The summed E-state index contributed by atoms with van der Waals surface area (Å²) in [4.78, 5) is 25.1. The maximum Gasteiger partial charge on any atom is 0.409 e. The molecule has 1 atom stereocenters. The van der Waals surface area contributed by atoms with Crippen molar-refractivity contribution < 1.29 is 14.3 Å². The Bertz CT molecular complexity index is 533. The third-order valence-electron chi connectivity index (χ3n) is 3.89. The molecule has 1 aromatic rings. The molecule has 0 aromatic heterocycles. The molecule has 2 N–H and O–H groups in total. The van der Waals surface area contributed by atoms with Crippen molar-refractivity contribution in [2.24, 2.45) is 0 Å². The van der Waals surface area contributed by atoms with Gasteiger partial charge >= 0.3 is 12.1 Å². The Morgan fingerprint density at radius 3 is 2.86 bits per heavy atom. The maximum atomic E-state index is 12.0. The Morgan fingerprint density at radius 2 is 2.14 bits per heavy atom. The second-order valence-electron chi connectivity index (χ2n) is 5.51. The van der Waals surface area contributed by atoms with Gasteiger partial charge in [0, 0.05) is 25.7 Å². The molecule has 0 saturated carbocycles. The lowest BCUT2D eigenvalue weighted by molar-refractivity contribution is 0.108. The van der Waals surface area contributed by atoms with Gasteiger partial charge in [-0.1, -0.05) is 24.3 Å². The summed E-state index contributed by atoms with van der Waals surface area (Å²) < 4.78 is 4.72. The molecular formula is C16H23N3O3. The first-order valence-corrected chi connectivity index (χ1v) is 7.52. The Balaban J connectivity index is 1.79. The fraction of sp³-hybridized carbons (Fsp3) is 0.500. The summed E-state index contributed by atoms with van der Waals surface area (Å²) >= 11 is 0. The van der Waals surface area contributed by atoms with Crippen LogP contribution in [-0.2, 0) is 11.3 Å². The molecule has 120 valence electrons. The fourth-order valence-electron chi connectivity index (χ4n) is 2.61. The van der Waals surface area contributed by atoms with E-state index in [2.05, 4.69) is 10.6 Å². The highest BCUT2D eigenvalue weighted by Crippen LogP contribution is 2.11. The average Bonchev–Trinajstić information content (AvgIpc) is 2.53. The van der Waals surface area contributed by atoms with Crippen molar-refractivity contribution in [1.82, 2.24) is 15.5 Å². The second kappa shape index (κ2) is 7.68. The number of likely N-dealkylation sites (tertiary alicyclic amines) is 1. The summed E-state index contributed by atoms with van der Waals surface area (Å²) in [5, 5.41) is 5.78. The number of amides is 3. The number of hydrogen-bond donors (Lipinski definition) is 2. The van der Waals surface area contributed by atoms with Gasteiger partial charge in [0.05, 0.1) is 7.11 Å². The first kappa shape index (κ1) is 16.1. The lowest BCUT2D eigenvalue weighted by atomic mass is 10.1. The van der Waals surface area contributed by atoms with Crippen LogP contribution in [-0.4, -0.2) is 43.3 Å². The molecule has 0 aliphatic carbocycles. The van der Waals surface area contributed by atoms with Crippen LogP contribution in [0.2, 0.25) is 0 Å². The van der Waals surface area contributed by atoms with Crippen molar-refractivity contribution in [1.29, 1.82) is 0 Å². The predicted molar refractivity (Wildman–Crippen MR) is 83.6 cm³/mol. The van der Waals surface area contributed by atoms with E-state index in [0.29, 0.717) is 19.6 Å². The fourth-order valence-corrected chi connectivity index (χ4v) is 2.61. The normalized spacial score (nSPS) is 17.7. The van der Waals surface area contributed by atoms with Crippen LogP contribution in [0.25, 0.3) is 0 Å². The van der Waals surface area contributed by atoms with Gasteiger partial charge in [-0.25, -0.2) is 9.59 Å². The van der Waals surface area contributed by atoms with Crippen LogP contribution in [0.5, 0.6) is 0 Å². The van der Waals surface area contributed by atoms with E-state index < -0.39 is 0 Å². The zero-order valence-corrected chi connectivity index (χ0v) is 13.1. The summed E-state index contributed by atoms with van der Waals surface area (Å²) in [5.74, 6) is 0. The van der Waals surface area contributed by atoms with E-state index in [0.717, 1.165) is 24.0 Å². The number of carbonyl (C=O) groups excluding carboxylic acids is 2. The molecule has 1 heterocycles. The van der Waals surface area contributed by atoms with Crippen molar-refractivity contribution in [3.8, 4) is 0 Å². The molecule has 1 saturated heterocycles. The van der Waals surface area contributed by atoms with Gasteiger partial charge in [0.25, 0.3) is 0 Å². The van der Waals surface area contributed by atoms with E-state index >= 15 is 0 Å². The zero-order chi connectivity index (χ0) is 15.9. The standard InChI is InChI=1S/C16H23N3O3/c1-12-6-3-4-7-13(12)10-17-15(20)18-14-8-5-9-19(11-14)16(21)22-2/h3-4,6-7,14H,5,8-11H2,1-2H3,(H2,17,18,20). The molecule has 22 heavy (non-hydrogen) atoms. The van der Waals surface area contributed by atoms with Crippen LogP contribution in [0.1, 0.15) is 24.0 Å². The first-order chi connectivity index (χ1) is 10.6. The van der Waals surface area contributed by atoms with E-state index in [1.165, 1.54) is 7.11 Å². The van der Waals surface area contributed by atoms with E-state index in [-0.39, 0.29) is 18.2 Å². The zero-order valence-electron chi connectivity index (χ0n) is 13.1. The Labute approximate surface area is 130 Å². The first-order valence-electron chi connectivity index (χ1n) is 7.52. The highest BCUT2D eigenvalue weighted by molar-refractivity contribution is 5.74. The van der Waals surface area contributed by atoms with E-state index in [1.54, 1.807) is 4.90 Å². The second-order valence-corrected chi connectivity index (χ2v) is 5.51. The summed E-state index contributed by atoms with van der Waals surface area (Å²) in [5.41, 5.74) is 2.25. The number of ether oxygens (including phenoxy) is 1. The third kappa shape index (κ3) is 4.38. The van der Waals surface area contributed by atoms with Gasteiger partial charge in [-0.3, -0.25) is 0 Å². The number of nitrogens with zero attached hydrogens (tertiary/aromatic N) is 1. The van der Waals surface area contributed by atoms with Crippen LogP contribution in [0.3, 0.4) is 0 Å². The topological polar surface area (TPSA) is 70.7 Å². The number of rotatable bonds is 3. The minimum atomic E-state index is -0.341. The highest BCUT2D eigenvalue weighted by Gasteiger charge is 2.25. The minimum absolute atomic E-state index is 0.0373. The largest absolute Gasteiger partial charge is 0.453 e. The van der Waals surface area contributed by atoms with Crippen molar-refractivity contribution in [2.75, 3.05) is 20.2 Å². The molecule has 6 heteroatoms. The van der Waals surface area contributed by atoms with Crippen LogP contribution >= 0.6 is 0 Å². The Hall–Kier alpha value is -2.24. The van der Waals surface area contributed by atoms with Crippen molar-refractivity contribution >= 4 is 12.1 Å². The molecule has 0 radical (unpaired) electrons. The number of aryl methyl sites for hydroxylation is 1. The van der Waals surface area contributed by atoms with Gasteiger partial charge in [0.15, 0.2) is 0 Å². The van der Waals surface area contributed by atoms with Gasteiger partial charge in [-0.05, 0) is 30.9 Å². The lowest BCUT2D eigenvalue weighted by Gasteiger charge is -2.32. The monoisotopic (exact) mass is 305 g/mol.